The van der Waals surface area contributed by atoms with Crippen molar-refractivity contribution in [1.29, 1.82) is 0 Å². The molecule has 0 aliphatic rings. The zero-order valence-electron chi connectivity index (χ0n) is 11.9. The van der Waals surface area contributed by atoms with Gasteiger partial charge in [-0.25, -0.2) is 0 Å². The molecular formula is C14H20ClN3O2. The van der Waals surface area contributed by atoms with E-state index in [1.165, 1.54) is 7.05 Å². The maximum absolute atomic E-state index is 11.7. The van der Waals surface area contributed by atoms with E-state index in [0.29, 0.717) is 35.3 Å². The largest absolute Gasteiger partial charge is 0.355 e. The van der Waals surface area contributed by atoms with Gasteiger partial charge >= 0.3 is 0 Å². The van der Waals surface area contributed by atoms with Crippen LogP contribution in [0, 0.1) is 0 Å². The zero-order chi connectivity index (χ0) is 15.1. The summed E-state index contributed by atoms with van der Waals surface area (Å²) in [6, 6.07) is 5.17. The van der Waals surface area contributed by atoms with Gasteiger partial charge in [-0.1, -0.05) is 25.4 Å². The van der Waals surface area contributed by atoms with Crippen molar-refractivity contribution >= 4 is 29.1 Å². The van der Waals surface area contributed by atoms with E-state index in [4.69, 9.17) is 11.6 Å². The fraction of sp³-hybridized carbons (Fsp3) is 0.429. The van der Waals surface area contributed by atoms with Crippen LogP contribution in [-0.2, 0) is 4.79 Å². The Hall–Kier alpha value is -1.59. The fourth-order valence-electron chi connectivity index (χ4n) is 1.61. The van der Waals surface area contributed by atoms with Gasteiger partial charge in [0.2, 0.25) is 5.91 Å². The second kappa shape index (κ2) is 7.87. The van der Waals surface area contributed by atoms with Crippen molar-refractivity contribution in [3.05, 3.63) is 28.8 Å². The van der Waals surface area contributed by atoms with Crippen LogP contribution in [0.5, 0.6) is 0 Å². The Labute approximate surface area is 124 Å². The first-order valence-corrected chi connectivity index (χ1v) is 6.86. The molecule has 0 saturated heterocycles. The molecule has 1 aromatic rings. The number of nitrogens with one attached hydrogen (secondary N) is 3. The number of halogens is 1. The topological polar surface area (TPSA) is 70.2 Å². The maximum atomic E-state index is 11.7. The van der Waals surface area contributed by atoms with Crippen LogP contribution in [-0.4, -0.2) is 31.4 Å². The number of carbonyl (C=O) groups excluding carboxylic acids is 2. The monoisotopic (exact) mass is 297 g/mol. The molecule has 0 radical (unpaired) electrons. The number of hydrogen-bond donors (Lipinski definition) is 3. The van der Waals surface area contributed by atoms with Gasteiger partial charge in [0.1, 0.15) is 0 Å². The molecule has 1 aromatic carbocycles. The van der Waals surface area contributed by atoms with Crippen LogP contribution < -0.4 is 16.0 Å². The Morgan fingerprint density at radius 3 is 2.60 bits per heavy atom. The highest BCUT2D eigenvalue weighted by atomic mass is 35.5. The number of rotatable bonds is 6. The van der Waals surface area contributed by atoms with Gasteiger partial charge in [-0.3, -0.25) is 9.59 Å². The molecule has 0 spiro atoms. The van der Waals surface area contributed by atoms with Gasteiger partial charge in [-0.2, -0.15) is 0 Å². The maximum Gasteiger partial charge on any atom is 0.252 e. The second-order valence-electron chi connectivity index (χ2n) is 4.68. The van der Waals surface area contributed by atoms with Crippen molar-refractivity contribution < 1.29 is 9.59 Å². The highest BCUT2D eigenvalue weighted by Gasteiger charge is 2.10. The second-order valence-corrected chi connectivity index (χ2v) is 5.09. The Morgan fingerprint density at radius 1 is 1.30 bits per heavy atom. The van der Waals surface area contributed by atoms with E-state index in [1.807, 2.05) is 13.8 Å². The Bertz CT molecular complexity index is 489. The molecule has 3 N–H and O–H groups in total. The molecule has 0 atom stereocenters. The molecule has 5 nitrogen and oxygen atoms in total. The lowest BCUT2D eigenvalue weighted by Crippen LogP contribution is -2.27. The number of anilines is 1. The lowest BCUT2D eigenvalue weighted by molar-refractivity contribution is -0.116. The van der Waals surface area contributed by atoms with Gasteiger partial charge in [-0.05, 0) is 18.2 Å². The quantitative estimate of drug-likeness (QED) is 0.752. The number of amides is 2. The van der Waals surface area contributed by atoms with Crippen LogP contribution in [0.1, 0.15) is 30.6 Å². The van der Waals surface area contributed by atoms with E-state index in [2.05, 4.69) is 16.0 Å². The minimum absolute atomic E-state index is 0.108. The molecule has 0 aromatic heterocycles. The normalized spacial score (nSPS) is 10.4. The molecule has 0 bridgehead atoms. The van der Waals surface area contributed by atoms with Gasteiger partial charge in [0.05, 0.1) is 10.6 Å². The standard InChI is InChI=1S/C14H20ClN3O2/c1-9(2)17-7-6-13(19)18-10-4-5-12(15)11(8-10)14(20)16-3/h4-5,8-9,17H,6-7H2,1-3H3,(H,16,20)(H,18,19). The molecule has 1 rings (SSSR count). The van der Waals surface area contributed by atoms with Crippen molar-refractivity contribution in [2.45, 2.75) is 26.3 Å². The summed E-state index contributed by atoms with van der Waals surface area (Å²) in [7, 11) is 1.53. The van der Waals surface area contributed by atoms with E-state index in [0.717, 1.165) is 0 Å². The van der Waals surface area contributed by atoms with Crippen molar-refractivity contribution in [3.63, 3.8) is 0 Å². The van der Waals surface area contributed by atoms with Crippen LogP contribution in [0.4, 0.5) is 5.69 Å². The summed E-state index contributed by atoms with van der Waals surface area (Å²) in [5, 5.41) is 8.76. The molecule has 0 saturated carbocycles. The van der Waals surface area contributed by atoms with Gasteiger partial charge in [0.25, 0.3) is 5.91 Å². The number of hydrogen-bond acceptors (Lipinski definition) is 3. The van der Waals surface area contributed by atoms with Crippen molar-refractivity contribution in [1.82, 2.24) is 10.6 Å². The Balaban J connectivity index is 2.64. The first-order chi connectivity index (χ1) is 9.43. The third-order valence-electron chi connectivity index (χ3n) is 2.63. The van der Waals surface area contributed by atoms with Crippen molar-refractivity contribution in [3.8, 4) is 0 Å². The van der Waals surface area contributed by atoms with Crippen LogP contribution in [0.15, 0.2) is 18.2 Å². The lowest BCUT2D eigenvalue weighted by atomic mass is 10.2. The molecule has 0 fully saturated rings. The van der Waals surface area contributed by atoms with Crippen LogP contribution >= 0.6 is 11.6 Å². The van der Waals surface area contributed by atoms with Crippen LogP contribution in [0.3, 0.4) is 0 Å². The Kier molecular flexibility index (Phi) is 6.48. The summed E-state index contributed by atoms with van der Waals surface area (Å²) in [4.78, 5) is 23.3. The molecule has 0 unspecified atom stereocenters. The van der Waals surface area contributed by atoms with E-state index in [9.17, 15) is 9.59 Å². The van der Waals surface area contributed by atoms with Gasteiger partial charge in [0.15, 0.2) is 0 Å². The lowest BCUT2D eigenvalue weighted by Gasteiger charge is -2.10. The van der Waals surface area contributed by atoms with E-state index >= 15 is 0 Å². The summed E-state index contributed by atoms with van der Waals surface area (Å²) in [5.41, 5.74) is 0.898. The minimum Gasteiger partial charge on any atom is -0.355 e. The van der Waals surface area contributed by atoms with Crippen LogP contribution in [0.2, 0.25) is 5.02 Å². The third-order valence-corrected chi connectivity index (χ3v) is 2.96. The molecular weight excluding hydrogens is 278 g/mol. The fourth-order valence-corrected chi connectivity index (χ4v) is 1.81. The average Bonchev–Trinajstić information content (AvgIpc) is 2.39. The number of benzene rings is 1. The molecule has 0 aliphatic carbocycles. The van der Waals surface area contributed by atoms with E-state index in [1.54, 1.807) is 18.2 Å². The van der Waals surface area contributed by atoms with Gasteiger partial charge in [-0.15, -0.1) is 0 Å². The Morgan fingerprint density at radius 2 is 2.00 bits per heavy atom. The average molecular weight is 298 g/mol. The SMILES string of the molecule is CNC(=O)c1cc(NC(=O)CCNC(C)C)ccc1Cl. The van der Waals surface area contributed by atoms with Crippen molar-refractivity contribution in [2.75, 3.05) is 18.9 Å². The van der Waals surface area contributed by atoms with E-state index in [-0.39, 0.29) is 11.8 Å². The smallest absolute Gasteiger partial charge is 0.252 e. The van der Waals surface area contributed by atoms with Crippen LogP contribution in [0.25, 0.3) is 0 Å². The molecule has 110 valence electrons. The minimum atomic E-state index is -0.285. The van der Waals surface area contributed by atoms with Crippen molar-refractivity contribution in [2.24, 2.45) is 0 Å². The predicted molar refractivity (Wildman–Crippen MR) is 81.2 cm³/mol. The summed E-state index contributed by atoms with van der Waals surface area (Å²) in [6.07, 6.45) is 0.371. The van der Waals surface area contributed by atoms with E-state index < -0.39 is 0 Å². The molecule has 20 heavy (non-hydrogen) atoms. The molecule has 2 amide bonds. The first-order valence-electron chi connectivity index (χ1n) is 6.49. The zero-order valence-corrected chi connectivity index (χ0v) is 12.7. The summed E-state index contributed by atoms with van der Waals surface area (Å²) in [6.45, 7) is 4.65. The summed E-state index contributed by atoms with van der Waals surface area (Å²) >= 11 is 5.94. The highest BCUT2D eigenvalue weighted by Crippen LogP contribution is 2.20. The van der Waals surface area contributed by atoms with Gasteiger partial charge in [0, 0.05) is 31.7 Å². The predicted octanol–water partition coefficient (Wildman–Crippen LogP) is 2.03. The highest BCUT2D eigenvalue weighted by molar-refractivity contribution is 6.34. The molecule has 0 heterocycles. The molecule has 6 heteroatoms. The summed E-state index contributed by atoms with van der Waals surface area (Å²) in [5.74, 6) is -0.393. The van der Waals surface area contributed by atoms with Gasteiger partial charge < -0.3 is 16.0 Å². The molecule has 0 aliphatic heterocycles. The third kappa shape index (κ3) is 5.19. The first kappa shape index (κ1) is 16.5. The number of carbonyl (C=O) groups is 2. The summed E-state index contributed by atoms with van der Waals surface area (Å²) < 4.78 is 0.